The largest absolute Gasteiger partial charge is 0.336 e. The minimum atomic E-state index is -0.904. The first-order chi connectivity index (χ1) is 12.0. The van der Waals surface area contributed by atoms with Gasteiger partial charge in [0.25, 0.3) is 5.91 Å². The molecule has 1 heterocycles. The van der Waals surface area contributed by atoms with Gasteiger partial charge in [-0.1, -0.05) is 18.2 Å². The number of amides is 1. The van der Waals surface area contributed by atoms with Crippen LogP contribution in [0.4, 0.5) is 30.4 Å². The third kappa shape index (κ3) is 3.74. The number of para-hydroxylation sites is 2. The zero-order valence-electron chi connectivity index (χ0n) is 12.6. The lowest BCUT2D eigenvalue weighted by atomic mass is 10.2. The second-order valence-electron chi connectivity index (χ2n) is 4.96. The van der Waals surface area contributed by atoms with Crippen molar-refractivity contribution in [1.82, 2.24) is 10.2 Å². The van der Waals surface area contributed by atoms with Crippen molar-refractivity contribution >= 4 is 23.1 Å². The van der Waals surface area contributed by atoms with Crippen molar-refractivity contribution in [2.75, 3.05) is 10.6 Å². The summed E-state index contributed by atoms with van der Waals surface area (Å²) in [6, 6.07) is 11.9. The number of nitrogens with zero attached hydrogens (tertiary/aromatic N) is 2. The molecule has 5 nitrogen and oxygen atoms in total. The quantitative estimate of drug-likeness (QED) is 0.753. The Hall–Kier alpha value is -3.42. The van der Waals surface area contributed by atoms with Gasteiger partial charge in [-0.3, -0.25) is 4.79 Å². The summed E-state index contributed by atoms with van der Waals surface area (Å²) in [5.41, 5.74) is -0.521. The molecule has 0 spiro atoms. The summed E-state index contributed by atoms with van der Waals surface area (Å²) >= 11 is 0. The smallest absolute Gasteiger partial charge is 0.276 e. The van der Waals surface area contributed by atoms with E-state index in [1.165, 1.54) is 30.3 Å². The molecule has 25 heavy (non-hydrogen) atoms. The molecule has 1 aromatic heterocycles. The van der Waals surface area contributed by atoms with Crippen LogP contribution in [0.1, 0.15) is 10.5 Å². The van der Waals surface area contributed by atoms with Crippen molar-refractivity contribution in [2.45, 2.75) is 0 Å². The Labute approximate surface area is 140 Å². The van der Waals surface area contributed by atoms with E-state index in [9.17, 15) is 18.0 Å². The van der Waals surface area contributed by atoms with Gasteiger partial charge in [-0.25, -0.2) is 13.2 Å². The number of carbonyl (C=O) groups excluding carboxylic acids is 1. The fraction of sp³-hybridized carbons (Fsp3) is 0. The van der Waals surface area contributed by atoms with Crippen molar-refractivity contribution in [3.05, 3.63) is 77.7 Å². The molecule has 2 aromatic carbocycles. The SMILES string of the molecule is O=C(Nc1c(F)cccc1F)c1ccc(Nc2ccccc2F)nn1. The zero-order chi connectivity index (χ0) is 17.8. The van der Waals surface area contributed by atoms with Crippen LogP contribution in [0.15, 0.2) is 54.6 Å². The molecule has 0 aliphatic rings. The maximum Gasteiger partial charge on any atom is 0.276 e. The maximum absolute atomic E-state index is 13.6. The summed E-state index contributed by atoms with van der Waals surface area (Å²) in [5, 5.41) is 12.2. The molecule has 0 bridgehead atoms. The van der Waals surface area contributed by atoms with E-state index in [0.29, 0.717) is 0 Å². The van der Waals surface area contributed by atoms with Gasteiger partial charge in [0.1, 0.15) is 23.1 Å². The van der Waals surface area contributed by atoms with Crippen LogP contribution in [0.5, 0.6) is 0 Å². The second-order valence-corrected chi connectivity index (χ2v) is 4.96. The molecule has 8 heteroatoms. The predicted octanol–water partition coefficient (Wildman–Crippen LogP) is 3.89. The highest BCUT2D eigenvalue weighted by Gasteiger charge is 2.15. The van der Waals surface area contributed by atoms with Crippen LogP contribution in [0, 0.1) is 17.5 Å². The fourth-order valence-corrected chi connectivity index (χ4v) is 2.02. The highest BCUT2D eigenvalue weighted by Crippen LogP contribution is 2.20. The topological polar surface area (TPSA) is 66.9 Å². The number of carbonyl (C=O) groups is 1. The maximum atomic E-state index is 13.6. The Balaban J connectivity index is 1.74. The molecule has 3 rings (SSSR count). The van der Waals surface area contributed by atoms with Crippen LogP contribution in [0.25, 0.3) is 0 Å². The van der Waals surface area contributed by atoms with E-state index in [4.69, 9.17) is 0 Å². The Morgan fingerprint density at radius 3 is 2.12 bits per heavy atom. The molecule has 0 aliphatic heterocycles. The molecule has 0 atom stereocenters. The fourth-order valence-electron chi connectivity index (χ4n) is 2.02. The second kappa shape index (κ2) is 7.00. The van der Waals surface area contributed by atoms with Crippen LogP contribution in [0.3, 0.4) is 0 Å². The van der Waals surface area contributed by atoms with E-state index in [1.54, 1.807) is 12.1 Å². The van der Waals surface area contributed by atoms with Crippen LogP contribution >= 0.6 is 0 Å². The number of halogens is 3. The molecule has 0 radical (unpaired) electrons. The van der Waals surface area contributed by atoms with Gasteiger partial charge >= 0.3 is 0 Å². The molecule has 0 saturated heterocycles. The third-order valence-corrected chi connectivity index (χ3v) is 3.24. The summed E-state index contributed by atoms with van der Waals surface area (Å²) < 4.78 is 40.6. The van der Waals surface area contributed by atoms with E-state index in [2.05, 4.69) is 20.8 Å². The van der Waals surface area contributed by atoms with Gasteiger partial charge in [-0.15, -0.1) is 10.2 Å². The first-order valence-corrected chi connectivity index (χ1v) is 7.15. The molecule has 0 aliphatic carbocycles. The monoisotopic (exact) mass is 344 g/mol. The number of aromatic nitrogens is 2. The highest BCUT2D eigenvalue weighted by molar-refractivity contribution is 6.02. The number of nitrogens with one attached hydrogen (secondary N) is 2. The van der Waals surface area contributed by atoms with Gasteiger partial charge in [0, 0.05) is 0 Å². The van der Waals surface area contributed by atoms with E-state index in [1.807, 2.05) is 0 Å². The van der Waals surface area contributed by atoms with Crippen molar-refractivity contribution < 1.29 is 18.0 Å². The summed E-state index contributed by atoms with van der Waals surface area (Å²) in [7, 11) is 0. The lowest BCUT2D eigenvalue weighted by Crippen LogP contribution is -2.16. The summed E-state index contributed by atoms with van der Waals surface area (Å²) in [6.07, 6.45) is 0. The Bertz CT molecular complexity index is 896. The molecular weight excluding hydrogens is 333 g/mol. The van der Waals surface area contributed by atoms with Crippen molar-refractivity contribution in [1.29, 1.82) is 0 Å². The minimum Gasteiger partial charge on any atom is -0.336 e. The normalized spacial score (nSPS) is 10.4. The van der Waals surface area contributed by atoms with E-state index in [0.717, 1.165) is 12.1 Å². The van der Waals surface area contributed by atoms with Gasteiger partial charge in [0.05, 0.1) is 5.69 Å². The van der Waals surface area contributed by atoms with Crippen LogP contribution in [0.2, 0.25) is 0 Å². The van der Waals surface area contributed by atoms with E-state index in [-0.39, 0.29) is 17.2 Å². The summed E-state index contributed by atoms with van der Waals surface area (Å²) in [5.74, 6) is -2.90. The standard InChI is InChI=1S/C17H11F3N4O/c18-10-4-1-2-7-13(10)21-15-9-8-14(23-24-15)17(25)22-16-11(19)5-3-6-12(16)20/h1-9H,(H,21,24)(H,22,25). The average molecular weight is 344 g/mol. The number of rotatable bonds is 4. The zero-order valence-corrected chi connectivity index (χ0v) is 12.6. The molecule has 126 valence electrons. The molecular formula is C17H11F3N4O. The third-order valence-electron chi connectivity index (χ3n) is 3.24. The predicted molar refractivity (Wildman–Crippen MR) is 86.0 cm³/mol. The molecule has 2 N–H and O–H groups in total. The summed E-state index contributed by atoms with van der Waals surface area (Å²) in [6.45, 7) is 0. The van der Waals surface area contributed by atoms with Gasteiger partial charge in [-0.2, -0.15) is 0 Å². The van der Waals surface area contributed by atoms with Crippen LogP contribution < -0.4 is 10.6 Å². The average Bonchev–Trinajstić information content (AvgIpc) is 2.61. The molecule has 1 amide bonds. The lowest BCUT2D eigenvalue weighted by Gasteiger charge is -2.08. The highest BCUT2D eigenvalue weighted by atomic mass is 19.1. The minimum absolute atomic E-state index is 0.151. The van der Waals surface area contributed by atoms with Crippen molar-refractivity contribution in [3.63, 3.8) is 0 Å². The van der Waals surface area contributed by atoms with Gasteiger partial charge < -0.3 is 10.6 Å². The van der Waals surface area contributed by atoms with Gasteiger partial charge in [0.15, 0.2) is 11.5 Å². The Morgan fingerprint density at radius 2 is 1.48 bits per heavy atom. The first-order valence-electron chi connectivity index (χ1n) is 7.15. The Morgan fingerprint density at radius 1 is 0.800 bits per heavy atom. The van der Waals surface area contributed by atoms with Gasteiger partial charge in [0.2, 0.25) is 0 Å². The van der Waals surface area contributed by atoms with Gasteiger partial charge in [-0.05, 0) is 36.4 Å². The first kappa shape index (κ1) is 16.4. The number of hydrogen-bond donors (Lipinski definition) is 2. The van der Waals surface area contributed by atoms with E-state index >= 15 is 0 Å². The van der Waals surface area contributed by atoms with E-state index < -0.39 is 29.0 Å². The molecule has 3 aromatic rings. The number of benzene rings is 2. The van der Waals surface area contributed by atoms with Crippen molar-refractivity contribution in [2.24, 2.45) is 0 Å². The molecule has 0 saturated carbocycles. The molecule has 0 fully saturated rings. The Kier molecular flexibility index (Phi) is 4.60. The van der Waals surface area contributed by atoms with Crippen molar-refractivity contribution in [3.8, 4) is 0 Å². The molecule has 0 unspecified atom stereocenters. The number of anilines is 3. The van der Waals surface area contributed by atoms with Crippen LogP contribution in [-0.4, -0.2) is 16.1 Å². The lowest BCUT2D eigenvalue weighted by molar-refractivity contribution is 0.102. The van der Waals surface area contributed by atoms with Crippen LogP contribution in [-0.2, 0) is 0 Å². The summed E-state index contributed by atoms with van der Waals surface area (Å²) in [4.78, 5) is 12.0. The number of hydrogen-bond acceptors (Lipinski definition) is 4.